The number of hydrogen-bond acceptors (Lipinski definition) is 2. The maximum Gasteiger partial charge on any atom is 0.323 e. The van der Waals surface area contributed by atoms with Crippen molar-refractivity contribution in [3.8, 4) is 11.3 Å². The number of carbonyl (C=O) groups is 1. The molecule has 3 aromatic rings. The molecule has 1 heterocycles. The zero-order chi connectivity index (χ0) is 21.5. The minimum absolute atomic E-state index is 0.0312. The van der Waals surface area contributed by atoms with Gasteiger partial charge in [-0.1, -0.05) is 45.0 Å². The molecule has 2 amide bonds. The van der Waals surface area contributed by atoms with Gasteiger partial charge < -0.3 is 10.6 Å². The number of aromatic amines is 1. The third kappa shape index (κ3) is 4.20. The number of rotatable bonds is 4. The molecule has 1 fully saturated rings. The fourth-order valence-electron chi connectivity index (χ4n) is 3.34. The van der Waals surface area contributed by atoms with E-state index < -0.39 is 17.7 Å². The zero-order valence-electron chi connectivity index (χ0n) is 17.1. The predicted molar refractivity (Wildman–Crippen MR) is 114 cm³/mol. The highest BCUT2D eigenvalue weighted by Crippen LogP contribution is 2.45. The molecule has 0 aliphatic heterocycles. The molecule has 7 heteroatoms. The van der Waals surface area contributed by atoms with Crippen LogP contribution in [-0.2, 0) is 5.41 Å². The first-order chi connectivity index (χ1) is 14.2. The second-order valence-corrected chi connectivity index (χ2v) is 8.67. The largest absolute Gasteiger partial charge is 0.323 e. The molecule has 1 saturated carbocycles. The normalized spacial score (nSPS) is 13.9. The first-order valence-corrected chi connectivity index (χ1v) is 9.94. The maximum absolute atomic E-state index is 13.9. The molecule has 0 atom stereocenters. The average Bonchev–Trinajstić information content (AvgIpc) is 3.44. The summed E-state index contributed by atoms with van der Waals surface area (Å²) in [5, 5.41) is 12.7. The minimum Gasteiger partial charge on any atom is -0.305 e. The lowest BCUT2D eigenvalue weighted by molar-refractivity contribution is 0.262. The van der Waals surface area contributed by atoms with Crippen LogP contribution >= 0.6 is 0 Å². The van der Waals surface area contributed by atoms with Gasteiger partial charge >= 0.3 is 6.03 Å². The minimum atomic E-state index is -0.835. The fourth-order valence-corrected chi connectivity index (χ4v) is 3.34. The van der Waals surface area contributed by atoms with Crippen molar-refractivity contribution in [2.75, 3.05) is 10.6 Å². The first kappa shape index (κ1) is 20.1. The summed E-state index contributed by atoms with van der Waals surface area (Å²) in [5.74, 6) is -1.22. The molecule has 1 aliphatic rings. The Kier molecular flexibility index (Phi) is 5.05. The Hall–Kier alpha value is -3.22. The third-order valence-corrected chi connectivity index (χ3v) is 5.22. The van der Waals surface area contributed by atoms with Crippen LogP contribution in [0.15, 0.2) is 42.5 Å². The quantitative estimate of drug-likeness (QED) is 0.481. The number of aromatic nitrogens is 2. The molecule has 0 spiro atoms. The van der Waals surface area contributed by atoms with Gasteiger partial charge in [-0.3, -0.25) is 5.10 Å². The van der Waals surface area contributed by atoms with E-state index in [-0.39, 0.29) is 11.1 Å². The molecule has 30 heavy (non-hydrogen) atoms. The van der Waals surface area contributed by atoms with E-state index in [1.807, 2.05) is 12.1 Å². The summed E-state index contributed by atoms with van der Waals surface area (Å²) in [5.41, 5.74) is 4.08. The number of amides is 2. The first-order valence-electron chi connectivity index (χ1n) is 9.94. The number of benzene rings is 2. The fraction of sp³-hybridized carbons (Fsp3) is 0.304. The second-order valence-electron chi connectivity index (χ2n) is 8.67. The standard InChI is InChI=1S/C23H24F2N4O/c1-23(2,3)15-8-6-14(7-9-15)20-21(19(28-29-20)13-4-5-13)27-22(30)26-18-11-10-16(24)12-17(18)25/h6-13H,4-5H2,1-3H3,(H,28,29)(H2,26,27,30). The summed E-state index contributed by atoms with van der Waals surface area (Å²) in [6.45, 7) is 6.44. The molecule has 0 unspecified atom stereocenters. The Morgan fingerprint density at radius 1 is 1.07 bits per heavy atom. The van der Waals surface area contributed by atoms with Crippen molar-refractivity contribution in [1.29, 1.82) is 0 Å². The van der Waals surface area contributed by atoms with E-state index in [0.717, 1.165) is 36.2 Å². The number of anilines is 2. The third-order valence-electron chi connectivity index (χ3n) is 5.22. The van der Waals surface area contributed by atoms with Gasteiger partial charge in [-0.15, -0.1) is 0 Å². The van der Waals surface area contributed by atoms with E-state index in [9.17, 15) is 13.6 Å². The summed E-state index contributed by atoms with van der Waals surface area (Å²) in [6.07, 6.45) is 2.04. The van der Waals surface area contributed by atoms with Crippen molar-refractivity contribution in [2.24, 2.45) is 0 Å². The molecule has 0 saturated heterocycles. The van der Waals surface area contributed by atoms with Crippen LogP contribution in [0.4, 0.5) is 25.0 Å². The number of nitrogens with zero attached hydrogens (tertiary/aromatic N) is 1. The van der Waals surface area contributed by atoms with E-state index in [1.165, 1.54) is 11.6 Å². The molecule has 4 rings (SSSR count). The molecule has 1 aromatic heterocycles. The molecule has 3 N–H and O–H groups in total. The van der Waals surface area contributed by atoms with Gasteiger partial charge in [0.05, 0.1) is 17.1 Å². The van der Waals surface area contributed by atoms with Crippen LogP contribution in [0.5, 0.6) is 0 Å². The van der Waals surface area contributed by atoms with E-state index in [4.69, 9.17) is 0 Å². The number of H-pyrrole nitrogens is 1. The maximum atomic E-state index is 13.9. The van der Waals surface area contributed by atoms with Gasteiger partial charge in [0.15, 0.2) is 0 Å². The predicted octanol–water partition coefficient (Wildman–Crippen LogP) is 6.17. The number of hydrogen-bond donors (Lipinski definition) is 3. The topological polar surface area (TPSA) is 69.8 Å². The molecule has 0 bridgehead atoms. The monoisotopic (exact) mass is 410 g/mol. The summed E-state index contributed by atoms with van der Waals surface area (Å²) >= 11 is 0. The molecule has 0 radical (unpaired) electrons. The molecule has 2 aromatic carbocycles. The van der Waals surface area contributed by atoms with Crippen molar-refractivity contribution in [3.05, 3.63) is 65.4 Å². The van der Waals surface area contributed by atoms with E-state index in [1.54, 1.807) is 0 Å². The van der Waals surface area contributed by atoms with Crippen molar-refractivity contribution >= 4 is 17.4 Å². The molecule has 5 nitrogen and oxygen atoms in total. The number of nitrogens with one attached hydrogen (secondary N) is 3. The Labute approximate surface area is 173 Å². The lowest BCUT2D eigenvalue weighted by Crippen LogP contribution is -2.21. The highest BCUT2D eigenvalue weighted by molar-refractivity contribution is 6.02. The van der Waals surface area contributed by atoms with Crippen molar-refractivity contribution in [2.45, 2.75) is 44.9 Å². The highest BCUT2D eigenvalue weighted by Gasteiger charge is 2.31. The van der Waals surface area contributed by atoms with Gasteiger partial charge in [-0.05, 0) is 36.0 Å². The Bertz CT molecular complexity index is 1080. The summed E-state index contributed by atoms with van der Waals surface area (Å²) in [6, 6.07) is 10.5. The lowest BCUT2D eigenvalue weighted by Gasteiger charge is -2.19. The van der Waals surface area contributed by atoms with E-state index >= 15 is 0 Å². The van der Waals surface area contributed by atoms with Crippen molar-refractivity contribution < 1.29 is 13.6 Å². The van der Waals surface area contributed by atoms with Gasteiger partial charge in [0, 0.05) is 17.5 Å². The summed E-state index contributed by atoms with van der Waals surface area (Å²) < 4.78 is 27.0. The zero-order valence-corrected chi connectivity index (χ0v) is 17.1. The van der Waals surface area contributed by atoms with Crippen LogP contribution in [0.3, 0.4) is 0 Å². The smallest absolute Gasteiger partial charge is 0.305 e. The van der Waals surface area contributed by atoms with Crippen molar-refractivity contribution in [3.63, 3.8) is 0 Å². The number of carbonyl (C=O) groups excluding carboxylic acids is 1. The van der Waals surface area contributed by atoms with Crippen LogP contribution in [0.1, 0.15) is 50.8 Å². The van der Waals surface area contributed by atoms with Crippen LogP contribution in [-0.4, -0.2) is 16.2 Å². The van der Waals surface area contributed by atoms with Gasteiger partial charge in [-0.25, -0.2) is 13.6 Å². The highest BCUT2D eigenvalue weighted by atomic mass is 19.1. The van der Waals surface area contributed by atoms with Crippen LogP contribution in [0, 0.1) is 11.6 Å². The van der Waals surface area contributed by atoms with Crippen LogP contribution in [0.25, 0.3) is 11.3 Å². The molecule has 1 aliphatic carbocycles. The summed E-state index contributed by atoms with van der Waals surface area (Å²) in [4.78, 5) is 12.6. The van der Waals surface area contributed by atoms with Gasteiger partial charge in [0.1, 0.15) is 17.3 Å². The van der Waals surface area contributed by atoms with Crippen LogP contribution < -0.4 is 10.6 Å². The van der Waals surface area contributed by atoms with Crippen LogP contribution in [0.2, 0.25) is 0 Å². The van der Waals surface area contributed by atoms with E-state index in [2.05, 4.69) is 53.7 Å². The van der Waals surface area contributed by atoms with Gasteiger partial charge in [-0.2, -0.15) is 5.10 Å². The number of urea groups is 1. The average molecular weight is 410 g/mol. The molecular weight excluding hydrogens is 386 g/mol. The Morgan fingerprint density at radius 3 is 2.37 bits per heavy atom. The SMILES string of the molecule is CC(C)(C)c1ccc(-c2n[nH]c(C3CC3)c2NC(=O)Nc2ccc(F)cc2F)cc1. The lowest BCUT2D eigenvalue weighted by atomic mass is 9.86. The van der Waals surface area contributed by atoms with Gasteiger partial charge in [0.25, 0.3) is 0 Å². The molecule has 156 valence electrons. The van der Waals surface area contributed by atoms with Gasteiger partial charge in [0.2, 0.25) is 0 Å². The second kappa shape index (κ2) is 7.55. The summed E-state index contributed by atoms with van der Waals surface area (Å²) in [7, 11) is 0. The Morgan fingerprint density at radius 2 is 1.77 bits per heavy atom. The van der Waals surface area contributed by atoms with E-state index in [0.29, 0.717) is 17.3 Å². The Balaban J connectivity index is 1.61. The van der Waals surface area contributed by atoms with Crippen molar-refractivity contribution in [1.82, 2.24) is 10.2 Å². The molecular formula is C23H24F2N4O. The number of halogens is 2.